The number of hydrogen-bond acceptors (Lipinski definition) is 3. The summed E-state index contributed by atoms with van der Waals surface area (Å²) < 4.78 is 10.6. The number of primary amides is 1. The second kappa shape index (κ2) is 5.52. The predicted octanol–water partition coefficient (Wildman–Crippen LogP) is 4.45. The number of amides is 1. The van der Waals surface area contributed by atoms with E-state index in [9.17, 15) is 4.79 Å². The van der Waals surface area contributed by atoms with Crippen LogP contribution in [0.15, 0.2) is 41.2 Å². The fourth-order valence-corrected chi connectivity index (χ4v) is 3.60. The molecule has 4 heteroatoms. The Morgan fingerprint density at radius 2 is 2.09 bits per heavy atom. The molecule has 0 saturated heterocycles. The van der Waals surface area contributed by atoms with Crippen molar-refractivity contribution in [1.29, 1.82) is 0 Å². The Hall–Kier alpha value is -2.23. The maximum Gasteiger partial charge on any atom is 0.405 e. The molecule has 1 aromatic heterocycles. The predicted molar refractivity (Wildman–Crippen MR) is 84.3 cm³/mol. The molecule has 3 rings (SSSR count). The van der Waals surface area contributed by atoms with E-state index in [0.717, 1.165) is 36.0 Å². The summed E-state index contributed by atoms with van der Waals surface area (Å²) in [5.41, 5.74) is 9.71. The van der Waals surface area contributed by atoms with Crippen molar-refractivity contribution in [3.05, 3.63) is 47.9 Å². The second-order valence-electron chi connectivity index (χ2n) is 5.99. The first-order valence-corrected chi connectivity index (χ1v) is 7.71. The van der Waals surface area contributed by atoms with Gasteiger partial charge in [-0.2, -0.15) is 0 Å². The Labute approximate surface area is 130 Å². The van der Waals surface area contributed by atoms with Gasteiger partial charge in [-0.25, -0.2) is 4.79 Å². The van der Waals surface area contributed by atoms with Crippen molar-refractivity contribution in [2.45, 2.75) is 39.2 Å². The van der Waals surface area contributed by atoms with E-state index in [1.165, 1.54) is 5.56 Å². The van der Waals surface area contributed by atoms with Crippen LogP contribution >= 0.6 is 0 Å². The lowest BCUT2D eigenvalue weighted by Gasteiger charge is -2.32. The Morgan fingerprint density at radius 1 is 1.32 bits per heavy atom. The molecule has 2 aromatic rings. The van der Waals surface area contributed by atoms with Gasteiger partial charge in [-0.1, -0.05) is 32.0 Å². The maximum atomic E-state index is 11.3. The van der Waals surface area contributed by atoms with Gasteiger partial charge < -0.3 is 14.9 Å². The number of nitrogens with two attached hydrogens (primary N) is 1. The van der Waals surface area contributed by atoms with Gasteiger partial charge in [-0.15, -0.1) is 0 Å². The summed E-state index contributed by atoms with van der Waals surface area (Å²) in [6.45, 7) is 4.29. The average Bonchev–Trinajstić information content (AvgIpc) is 3.13. The number of fused-ring (bicyclic) bond motifs is 1. The van der Waals surface area contributed by atoms with Crippen LogP contribution in [-0.4, -0.2) is 6.09 Å². The first kappa shape index (κ1) is 14.7. The van der Waals surface area contributed by atoms with Crippen LogP contribution in [0.3, 0.4) is 0 Å². The molecule has 1 atom stereocenters. The summed E-state index contributed by atoms with van der Waals surface area (Å²) >= 11 is 0. The molecule has 1 amide bonds. The quantitative estimate of drug-likeness (QED) is 0.907. The van der Waals surface area contributed by atoms with Gasteiger partial charge in [0.05, 0.1) is 12.5 Å². The molecule has 22 heavy (non-hydrogen) atoms. The third kappa shape index (κ3) is 2.28. The fraction of sp³-hybridized carbons (Fsp3) is 0.389. The number of hydrogen-bond donors (Lipinski definition) is 1. The number of rotatable bonds is 4. The first-order chi connectivity index (χ1) is 10.6. The van der Waals surface area contributed by atoms with Crippen LogP contribution in [0.4, 0.5) is 4.79 Å². The van der Waals surface area contributed by atoms with Gasteiger partial charge in [0.25, 0.3) is 0 Å². The molecule has 0 saturated carbocycles. The molecule has 0 aliphatic heterocycles. The van der Waals surface area contributed by atoms with Crippen LogP contribution in [0, 0.1) is 5.41 Å². The van der Waals surface area contributed by atoms with Crippen LogP contribution in [0.2, 0.25) is 0 Å². The van der Waals surface area contributed by atoms with Crippen LogP contribution < -0.4 is 5.73 Å². The number of benzene rings is 1. The van der Waals surface area contributed by atoms with E-state index >= 15 is 0 Å². The van der Waals surface area contributed by atoms with Crippen LogP contribution in [0.5, 0.6) is 0 Å². The van der Waals surface area contributed by atoms with Crippen molar-refractivity contribution in [3.63, 3.8) is 0 Å². The molecule has 1 aromatic carbocycles. The van der Waals surface area contributed by atoms with E-state index < -0.39 is 6.09 Å². The summed E-state index contributed by atoms with van der Waals surface area (Å²) in [5, 5.41) is 0. The van der Waals surface area contributed by atoms with Gasteiger partial charge in [0.1, 0.15) is 6.10 Å². The smallest absolute Gasteiger partial charge is 0.405 e. The average molecular weight is 299 g/mol. The molecule has 1 unspecified atom stereocenters. The van der Waals surface area contributed by atoms with Crippen molar-refractivity contribution in [2.24, 2.45) is 11.1 Å². The van der Waals surface area contributed by atoms with E-state index in [1.807, 2.05) is 12.1 Å². The highest BCUT2D eigenvalue weighted by Gasteiger charge is 2.46. The minimum atomic E-state index is -0.706. The summed E-state index contributed by atoms with van der Waals surface area (Å²) in [4.78, 5) is 11.3. The minimum Gasteiger partial charge on any atom is -0.472 e. The number of carbonyl (C=O) groups is 1. The van der Waals surface area contributed by atoms with Crippen LogP contribution in [0.25, 0.3) is 11.1 Å². The van der Waals surface area contributed by atoms with Gasteiger partial charge in [-0.3, -0.25) is 0 Å². The van der Waals surface area contributed by atoms with Crippen molar-refractivity contribution in [1.82, 2.24) is 0 Å². The molecule has 1 aliphatic carbocycles. The van der Waals surface area contributed by atoms with Crippen molar-refractivity contribution in [3.8, 4) is 11.1 Å². The standard InChI is InChI=1S/C18H21NO3/c1-3-18(4-2)10-14-9-12(13-7-8-21-11-13)5-6-15(14)16(18)22-17(19)20/h5-9,11,16H,3-4,10H2,1-2H3,(H2,19,20). The van der Waals surface area contributed by atoms with Crippen LogP contribution in [0.1, 0.15) is 43.9 Å². The monoisotopic (exact) mass is 299 g/mol. The summed E-state index contributed by atoms with van der Waals surface area (Å²) in [6.07, 6.45) is 5.23. The zero-order valence-electron chi connectivity index (χ0n) is 13.0. The summed E-state index contributed by atoms with van der Waals surface area (Å²) in [5.74, 6) is 0. The maximum absolute atomic E-state index is 11.3. The lowest BCUT2D eigenvalue weighted by molar-refractivity contribution is 0.0140. The molecule has 116 valence electrons. The number of carbonyl (C=O) groups excluding carboxylic acids is 1. The van der Waals surface area contributed by atoms with Gasteiger partial charge in [0.2, 0.25) is 0 Å². The zero-order chi connectivity index (χ0) is 15.7. The molecule has 0 fully saturated rings. The Balaban J connectivity index is 2.03. The van der Waals surface area contributed by atoms with Gasteiger partial charge in [-0.05, 0) is 42.0 Å². The normalized spacial score (nSPS) is 18.9. The molecule has 4 nitrogen and oxygen atoms in total. The van der Waals surface area contributed by atoms with Gasteiger partial charge in [0.15, 0.2) is 0 Å². The van der Waals surface area contributed by atoms with Gasteiger partial charge in [0, 0.05) is 11.0 Å². The molecule has 0 bridgehead atoms. The van der Waals surface area contributed by atoms with Crippen molar-refractivity contribution < 1.29 is 13.9 Å². The third-order valence-corrected chi connectivity index (χ3v) is 5.02. The van der Waals surface area contributed by atoms with E-state index in [2.05, 4.69) is 26.0 Å². The number of furan rings is 1. The lowest BCUT2D eigenvalue weighted by Crippen LogP contribution is -2.30. The fourth-order valence-electron chi connectivity index (χ4n) is 3.60. The van der Waals surface area contributed by atoms with Crippen molar-refractivity contribution in [2.75, 3.05) is 0 Å². The Kier molecular flexibility index (Phi) is 3.69. The SMILES string of the molecule is CCC1(CC)Cc2cc(-c3ccoc3)ccc2C1OC(N)=O. The zero-order valence-corrected chi connectivity index (χ0v) is 13.0. The van der Waals surface area contributed by atoms with E-state index in [-0.39, 0.29) is 11.5 Å². The van der Waals surface area contributed by atoms with Crippen molar-refractivity contribution >= 4 is 6.09 Å². The molecule has 1 aliphatic rings. The molecule has 0 radical (unpaired) electrons. The molecular formula is C18H21NO3. The highest BCUT2D eigenvalue weighted by atomic mass is 16.6. The minimum absolute atomic E-state index is 0.0631. The van der Waals surface area contributed by atoms with E-state index in [0.29, 0.717) is 0 Å². The number of ether oxygens (including phenoxy) is 1. The Bertz CT molecular complexity index is 672. The highest BCUT2D eigenvalue weighted by molar-refractivity contribution is 5.67. The highest BCUT2D eigenvalue weighted by Crippen LogP contribution is 2.52. The topological polar surface area (TPSA) is 65.5 Å². The molecular weight excluding hydrogens is 278 g/mol. The third-order valence-electron chi connectivity index (χ3n) is 5.02. The Morgan fingerprint density at radius 3 is 2.68 bits per heavy atom. The largest absolute Gasteiger partial charge is 0.472 e. The summed E-state index contributed by atoms with van der Waals surface area (Å²) in [6, 6.07) is 8.21. The molecule has 1 heterocycles. The second-order valence-corrected chi connectivity index (χ2v) is 5.99. The molecule has 2 N–H and O–H groups in total. The summed E-state index contributed by atoms with van der Waals surface area (Å²) in [7, 11) is 0. The molecule has 0 spiro atoms. The lowest BCUT2D eigenvalue weighted by atomic mass is 9.77. The van der Waals surface area contributed by atoms with E-state index in [4.69, 9.17) is 14.9 Å². The first-order valence-electron chi connectivity index (χ1n) is 7.71. The van der Waals surface area contributed by atoms with E-state index in [1.54, 1.807) is 12.5 Å². The van der Waals surface area contributed by atoms with Crippen LogP contribution in [-0.2, 0) is 11.2 Å². The van der Waals surface area contributed by atoms with Gasteiger partial charge >= 0.3 is 6.09 Å².